The number of benzene rings is 2. The van der Waals surface area contributed by atoms with Gasteiger partial charge in [-0.05, 0) is 30.7 Å². The summed E-state index contributed by atoms with van der Waals surface area (Å²) in [5.74, 6) is 0.0548. The van der Waals surface area contributed by atoms with E-state index in [1.165, 1.54) is 4.90 Å². The molecule has 19 heavy (non-hydrogen) atoms. The smallest absolute Gasteiger partial charge is 0.162 e. The Morgan fingerprint density at radius 1 is 1.21 bits per heavy atom. The second-order valence-corrected chi connectivity index (χ2v) is 5.47. The van der Waals surface area contributed by atoms with Crippen molar-refractivity contribution in [3.8, 4) is 0 Å². The molecule has 3 rings (SSSR count). The molecule has 0 aromatic heterocycles. The molecule has 1 N–H and O–H groups in total. The van der Waals surface area contributed by atoms with Crippen molar-refractivity contribution in [2.24, 2.45) is 0 Å². The average molecular weight is 267 g/mol. The van der Waals surface area contributed by atoms with Crippen LogP contribution in [0.15, 0.2) is 52.8 Å². The van der Waals surface area contributed by atoms with E-state index in [2.05, 4.69) is 18.0 Å². The molecule has 2 aromatic rings. The monoisotopic (exact) mass is 267 g/mol. The number of carbonyl (C=O) groups is 1. The third-order valence-corrected chi connectivity index (χ3v) is 4.27. The highest BCUT2D eigenvalue weighted by atomic mass is 32.2. The number of hydrogen-bond donors (Lipinski definition) is 1. The Kier molecular flexibility index (Phi) is 2.91. The maximum atomic E-state index is 11.9. The van der Waals surface area contributed by atoms with Crippen LogP contribution < -0.4 is 5.32 Å². The Hall–Kier alpha value is -2.00. The van der Waals surface area contributed by atoms with Crippen LogP contribution in [0.5, 0.6) is 0 Å². The standard InChI is InChI=1S/C16H13NOS/c1-3-11-8-9-14-16(15(11)10(2)18)17-12-6-4-5-7-13(12)19-14/h3-9,17H,1H2,2H3. The minimum atomic E-state index is 0.0548. The SMILES string of the molecule is C=Cc1ccc2c(c1C(C)=O)Nc1ccccc1S2. The highest BCUT2D eigenvalue weighted by Crippen LogP contribution is 2.46. The second kappa shape index (κ2) is 4.59. The van der Waals surface area contributed by atoms with Crippen molar-refractivity contribution in [3.63, 3.8) is 0 Å². The summed E-state index contributed by atoms with van der Waals surface area (Å²) in [7, 11) is 0. The molecule has 0 radical (unpaired) electrons. The van der Waals surface area contributed by atoms with E-state index in [4.69, 9.17) is 0 Å². The molecule has 0 atom stereocenters. The molecule has 0 fully saturated rings. The van der Waals surface area contributed by atoms with Gasteiger partial charge < -0.3 is 5.32 Å². The maximum absolute atomic E-state index is 11.9. The lowest BCUT2D eigenvalue weighted by atomic mass is 10.0. The van der Waals surface area contributed by atoms with Crippen molar-refractivity contribution < 1.29 is 4.79 Å². The number of fused-ring (bicyclic) bond motifs is 2. The van der Waals surface area contributed by atoms with Gasteiger partial charge in [0.1, 0.15) is 0 Å². The Labute approximate surface area is 116 Å². The number of carbonyl (C=O) groups excluding carboxylic acids is 1. The van der Waals surface area contributed by atoms with Gasteiger partial charge in [0, 0.05) is 15.4 Å². The summed E-state index contributed by atoms with van der Waals surface area (Å²) in [6, 6.07) is 12.1. The van der Waals surface area contributed by atoms with Crippen LogP contribution in [-0.4, -0.2) is 5.78 Å². The van der Waals surface area contributed by atoms with Crippen molar-refractivity contribution >= 4 is 35.0 Å². The van der Waals surface area contributed by atoms with Gasteiger partial charge in [0.05, 0.1) is 11.4 Å². The van der Waals surface area contributed by atoms with Crippen LogP contribution in [0.25, 0.3) is 6.08 Å². The van der Waals surface area contributed by atoms with Crippen molar-refractivity contribution in [2.45, 2.75) is 16.7 Å². The van der Waals surface area contributed by atoms with Gasteiger partial charge in [0.2, 0.25) is 0 Å². The maximum Gasteiger partial charge on any atom is 0.162 e. The van der Waals surface area contributed by atoms with E-state index in [1.54, 1.807) is 24.8 Å². The van der Waals surface area contributed by atoms with Crippen LogP contribution in [0.4, 0.5) is 11.4 Å². The first-order valence-electron chi connectivity index (χ1n) is 6.05. The van der Waals surface area contributed by atoms with E-state index in [9.17, 15) is 4.79 Å². The molecule has 0 saturated carbocycles. The van der Waals surface area contributed by atoms with E-state index in [1.807, 2.05) is 30.3 Å². The highest BCUT2D eigenvalue weighted by Gasteiger charge is 2.21. The lowest BCUT2D eigenvalue weighted by Gasteiger charge is -2.23. The zero-order valence-electron chi connectivity index (χ0n) is 10.6. The summed E-state index contributed by atoms with van der Waals surface area (Å²) in [5, 5.41) is 3.38. The first-order valence-corrected chi connectivity index (χ1v) is 6.86. The predicted octanol–water partition coefficient (Wildman–Crippen LogP) is 4.74. The lowest BCUT2D eigenvalue weighted by Crippen LogP contribution is -2.07. The molecule has 0 saturated heterocycles. The van der Waals surface area contributed by atoms with Crippen molar-refractivity contribution in [3.05, 3.63) is 54.1 Å². The fourth-order valence-electron chi connectivity index (χ4n) is 2.27. The first-order chi connectivity index (χ1) is 9.20. The highest BCUT2D eigenvalue weighted by molar-refractivity contribution is 7.99. The van der Waals surface area contributed by atoms with Crippen LogP contribution in [0.2, 0.25) is 0 Å². The molecule has 0 unspecified atom stereocenters. The van der Waals surface area contributed by atoms with Gasteiger partial charge in [-0.3, -0.25) is 4.79 Å². The summed E-state index contributed by atoms with van der Waals surface area (Å²) in [5.41, 5.74) is 3.53. The molecule has 1 heterocycles. The largest absolute Gasteiger partial charge is 0.353 e. The summed E-state index contributed by atoms with van der Waals surface area (Å²) >= 11 is 1.68. The molecule has 0 bridgehead atoms. The molecular weight excluding hydrogens is 254 g/mol. The van der Waals surface area contributed by atoms with Crippen molar-refractivity contribution in [2.75, 3.05) is 5.32 Å². The third kappa shape index (κ3) is 1.96. The van der Waals surface area contributed by atoms with Gasteiger partial charge in [-0.2, -0.15) is 0 Å². The molecule has 2 aromatic carbocycles. The Morgan fingerprint density at radius 2 is 2.00 bits per heavy atom. The van der Waals surface area contributed by atoms with Gasteiger partial charge in [0.25, 0.3) is 0 Å². The zero-order valence-corrected chi connectivity index (χ0v) is 11.4. The van der Waals surface area contributed by atoms with E-state index >= 15 is 0 Å². The number of para-hydroxylation sites is 1. The Bertz CT molecular complexity index is 691. The summed E-state index contributed by atoms with van der Waals surface area (Å²) in [4.78, 5) is 14.2. The Balaban J connectivity index is 2.20. The molecule has 0 aliphatic carbocycles. The number of Topliss-reactive ketones (excluding diaryl/α,β-unsaturated/α-hetero) is 1. The fraction of sp³-hybridized carbons (Fsp3) is 0.0625. The summed E-state index contributed by atoms with van der Waals surface area (Å²) < 4.78 is 0. The van der Waals surface area contributed by atoms with Crippen molar-refractivity contribution in [1.82, 2.24) is 0 Å². The first kappa shape index (κ1) is 12.1. The number of rotatable bonds is 2. The van der Waals surface area contributed by atoms with Crippen LogP contribution in [0.1, 0.15) is 22.8 Å². The van der Waals surface area contributed by atoms with Crippen LogP contribution in [0.3, 0.4) is 0 Å². The van der Waals surface area contributed by atoms with E-state index in [-0.39, 0.29) is 5.78 Å². The number of anilines is 2. The predicted molar refractivity (Wildman–Crippen MR) is 80.4 cm³/mol. The Morgan fingerprint density at radius 3 is 2.74 bits per heavy atom. The summed E-state index contributed by atoms with van der Waals surface area (Å²) in [6.45, 7) is 5.37. The van der Waals surface area contributed by atoms with Crippen LogP contribution in [-0.2, 0) is 0 Å². The molecule has 3 heteroatoms. The van der Waals surface area contributed by atoms with Gasteiger partial charge in [-0.15, -0.1) is 0 Å². The van der Waals surface area contributed by atoms with Crippen LogP contribution >= 0.6 is 11.8 Å². The topological polar surface area (TPSA) is 29.1 Å². The number of ketones is 1. The summed E-state index contributed by atoms with van der Waals surface area (Å²) in [6.07, 6.45) is 1.73. The van der Waals surface area contributed by atoms with Crippen LogP contribution in [0, 0.1) is 0 Å². The van der Waals surface area contributed by atoms with Gasteiger partial charge >= 0.3 is 0 Å². The minimum Gasteiger partial charge on any atom is -0.353 e. The molecule has 94 valence electrons. The normalized spacial score (nSPS) is 12.1. The van der Waals surface area contributed by atoms with E-state index in [0.717, 1.165) is 27.4 Å². The average Bonchev–Trinajstić information content (AvgIpc) is 2.43. The molecule has 0 spiro atoms. The van der Waals surface area contributed by atoms with E-state index in [0.29, 0.717) is 0 Å². The molecule has 1 aliphatic heterocycles. The molecule has 2 nitrogen and oxygen atoms in total. The van der Waals surface area contributed by atoms with Gasteiger partial charge in [-0.25, -0.2) is 0 Å². The molecule has 0 amide bonds. The molecular formula is C16H13NOS. The number of nitrogens with one attached hydrogen (secondary N) is 1. The second-order valence-electron chi connectivity index (χ2n) is 4.39. The van der Waals surface area contributed by atoms with Gasteiger partial charge in [0.15, 0.2) is 5.78 Å². The minimum absolute atomic E-state index is 0.0548. The molecule has 1 aliphatic rings. The quantitative estimate of drug-likeness (QED) is 0.680. The zero-order chi connectivity index (χ0) is 13.4. The van der Waals surface area contributed by atoms with Gasteiger partial charge in [-0.1, -0.05) is 42.6 Å². The fourth-order valence-corrected chi connectivity index (χ4v) is 3.27. The lowest BCUT2D eigenvalue weighted by molar-refractivity contribution is 0.101. The number of hydrogen-bond acceptors (Lipinski definition) is 3. The third-order valence-electron chi connectivity index (χ3n) is 3.14. The van der Waals surface area contributed by atoms with Crippen molar-refractivity contribution in [1.29, 1.82) is 0 Å². The van der Waals surface area contributed by atoms with E-state index < -0.39 is 0 Å².